The van der Waals surface area contributed by atoms with E-state index >= 15 is 0 Å². The number of halogens is 1. The highest BCUT2D eigenvalue weighted by Gasteiger charge is 2.35. The van der Waals surface area contributed by atoms with E-state index < -0.39 is 0 Å². The first-order chi connectivity index (χ1) is 14.3. The van der Waals surface area contributed by atoms with Crippen molar-refractivity contribution in [3.63, 3.8) is 0 Å². The molecule has 7 heteroatoms. The van der Waals surface area contributed by atoms with E-state index in [1.54, 1.807) is 18.2 Å². The molecule has 1 unspecified atom stereocenters. The molecule has 0 aliphatic carbocycles. The Labute approximate surface area is 186 Å². The van der Waals surface area contributed by atoms with Gasteiger partial charge in [0.05, 0.1) is 29.7 Å². The summed E-state index contributed by atoms with van der Waals surface area (Å²) in [7, 11) is 1.54. The summed E-state index contributed by atoms with van der Waals surface area (Å²) < 4.78 is 11.3. The van der Waals surface area contributed by atoms with Gasteiger partial charge in [0.15, 0.2) is 11.5 Å². The second kappa shape index (κ2) is 9.58. The fraction of sp³-hybridized carbons (Fsp3) is 0.304. The molecule has 0 radical (unpaired) electrons. The lowest BCUT2D eigenvalue weighted by Gasteiger charge is -2.17. The number of methoxy groups -OCH3 is 1. The normalized spacial score (nSPS) is 16.3. The van der Waals surface area contributed by atoms with Crippen molar-refractivity contribution in [1.29, 1.82) is 0 Å². The number of hydrogen-bond donors (Lipinski definition) is 0. The predicted octanol–water partition coefficient (Wildman–Crippen LogP) is 6.07. The summed E-state index contributed by atoms with van der Waals surface area (Å²) in [5.74, 6) is 0.632. The molecule has 3 rings (SSSR count). The smallest absolute Gasteiger partial charge is 0.293 e. The molecule has 1 aliphatic rings. The summed E-state index contributed by atoms with van der Waals surface area (Å²) in [4.78, 5) is 26.9. The van der Waals surface area contributed by atoms with E-state index in [0.29, 0.717) is 27.0 Å². The van der Waals surface area contributed by atoms with Crippen LogP contribution in [0.4, 0.5) is 4.79 Å². The number of thioether (sulfide) groups is 1. The van der Waals surface area contributed by atoms with E-state index in [2.05, 4.69) is 0 Å². The lowest BCUT2D eigenvalue weighted by atomic mass is 10.1. The highest BCUT2D eigenvalue weighted by Crippen LogP contribution is 2.39. The number of carbonyl (C=O) groups excluding carboxylic acids is 2. The van der Waals surface area contributed by atoms with Crippen molar-refractivity contribution in [3.8, 4) is 11.5 Å². The standard InChI is InChI=1S/C23H24ClNO4S/c1-5-15(3)29-21-18(24)10-17(11-19(21)28-4)12-20-22(26)25(23(27)30-20)13-16-8-6-7-14(2)9-16/h6-12,15H,5,13H2,1-4H3/b20-12-. The second-order valence-electron chi connectivity index (χ2n) is 7.13. The summed E-state index contributed by atoms with van der Waals surface area (Å²) in [5, 5.41) is 0.0995. The molecular formula is C23H24ClNO4S. The van der Waals surface area contributed by atoms with Crippen LogP contribution in [0.3, 0.4) is 0 Å². The number of nitrogens with zero attached hydrogens (tertiary/aromatic N) is 1. The van der Waals surface area contributed by atoms with Crippen LogP contribution in [0, 0.1) is 6.92 Å². The first kappa shape index (κ1) is 22.2. The van der Waals surface area contributed by atoms with Gasteiger partial charge in [0.2, 0.25) is 0 Å². The minimum Gasteiger partial charge on any atom is -0.493 e. The Morgan fingerprint density at radius 2 is 2.00 bits per heavy atom. The maximum atomic E-state index is 12.8. The number of amides is 2. The third-order valence-corrected chi connectivity index (χ3v) is 5.93. The molecule has 30 heavy (non-hydrogen) atoms. The van der Waals surface area contributed by atoms with Crippen LogP contribution in [0.25, 0.3) is 6.08 Å². The Morgan fingerprint density at radius 1 is 1.23 bits per heavy atom. The summed E-state index contributed by atoms with van der Waals surface area (Å²) in [6.45, 7) is 6.19. The Bertz CT molecular complexity index is 1000. The van der Waals surface area contributed by atoms with Crippen LogP contribution >= 0.6 is 23.4 Å². The maximum Gasteiger partial charge on any atom is 0.293 e. The lowest BCUT2D eigenvalue weighted by molar-refractivity contribution is -0.123. The third kappa shape index (κ3) is 4.99. The zero-order valence-electron chi connectivity index (χ0n) is 17.4. The highest BCUT2D eigenvalue weighted by molar-refractivity contribution is 8.18. The van der Waals surface area contributed by atoms with Crippen LogP contribution in [-0.4, -0.2) is 29.3 Å². The van der Waals surface area contributed by atoms with Crippen molar-refractivity contribution >= 4 is 40.6 Å². The Morgan fingerprint density at radius 3 is 2.67 bits per heavy atom. The van der Waals surface area contributed by atoms with Crippen LogP contribution in [0.5, 0.6) is 11.5 Å². The Balaban J connectivity index is 1.85. The van der Waals surface area contributed by atoms with Gasteiger partial charge in [-0.05, 0) is 61.4 Å². The zero-order chi connectivity index (χ0) is 21.8. The van der Waals surface area contributed by atoms with Crippen molar-refractivity contribution < 1.29 is 19.1 Å². The fourth-order valence-corrected chi connectivity index (χ4v) is 4.10. The van der Waals surface area contributed by atoms with Gasteiger partial charge in [0.25, 0.3) is 11.1 Å². The number of ether oxygens (including phenoxy) is 2. The van der Waals surface area contributed by atoms with Gasteiger partial charge in [-0.15, -0.1) is 0 Å². The molecule has 158 valence electrons. The van der Waals surface area contributed by atoms with E-state index in [-0.39, 0.29) is 23.8 Å². The van der Waals surface area contributed by atoms with Crippen molar-refractivity contribution in [2.45, 2.75) is 39.8 Å². The number of imide groups is 1. The molecule has 0 bridgehead atoms. The molecule has 2 amide bonds. The molecule has 0 N–H and O–H groups in total. The minimum atomic E-state index is -0.318. The molecule has 1 heterocycles. The van der Waals surface area contributed by atoms with Gasteiger partial charge in [-0.3, -0.25) is 14.5 Å². The summed E-state index contributed by atoms with van der Waals surface area (Å²) in [6, 6.07) is 11.2. The van der Waals surface area contributed by atoms with Gasteiger partial charge < -0.3 is 9.47 Å². The molecular weight excluding hydrogens is 422 g/mol. The van der Waals surface area contributed by atoms with Gasteiger partial charge in [0, 0.05) is 0 Å². The summed E-state index contributed by atoms with van der Waals surface area (Å²) in [5.41, 5.74) is 2.65. The molecule has 2 aromatic carbocycles. The van der Waals surface area contributed by atoms with Crippen molar-refractivity contribution in [3.05, 3.63) is 63.0 Å². The van der Waals surface area contributed by atoms with E-state index in [4.69, 9.17) is 21.1 Å². The lowest BCUT2D eigenvalue weighted by Crippen LogP contribution is -2.27. The average Bonchev–Trinajstić information content (AvgIpc) is 2.97. The van der Waals surface area contributed by atoms with Crippen LogP contribution in [0.1, 0.15) is 37.0 Å². The first-order valence-electron chi connectivity index (χ1n) is 9.67. The predicted molar refractivity (Wildman–Crippen MR) is 121 cm³/mol. The second-order valence-corrected chi connectivity index (χ2v) is 8.53. The van der Waals surface area contributed by atoms with E-state index in [9.17, 15) is 9.59 Å². The number of aryl methyl sites for hydroxylation is 1. The van der Waals surface area contributed by atoms with Crippen molar-refractivity contribution in [2.24, 2.45) is 0 Å². The first-order valence-corrected chi connectivity index (χ1v) is 10.9. The average molecular weight is 446 g/mol. The fourth-order valence-electron chi connectivity index (χ4n) is 3.00. The molecule has 0 spiro atoms. The van der Waals surface area contributed by atoms with Crippen molar-refractivity contribution in [2.75, 3.05) is 7.11 Å². The minimum absolute atomic E-state index is 0.0135. The Hall–Kier alpha value is -2.44. The zero-order valence-corrected chi connectivity index (χ0v) is 19.0. The van der Waals surface area contributed by atoms with Gasteiger partial charge in [-0.1, -0.05) is 48.4 Å². The molecule has 5 nitrogen and oxygen atoms in total. The highest BCUT2D eigenvalue weighted by atomic mass is 35.5. The molecule has 0 saturated carbocycles. The van der Waals surface area contributed by atoms with Gasteiger partial charge >= 0.3 is 0 Å². The third-order valence-electron chi connectivity index (χ3n) is 4.74. The van der Waals surface area contributed by atoms with Crippen LogP contribution < -0.4 is 9.47 Å². The molecule has 1 aliphatic heterocycles. The summed E-state index contributed by atoms with van der Waals surface area (Å²) >= 11 is 7.33. The number of hydrogen-bond acceptors (Lipinski definition) is 5. The van der Waals surface area contributed by atoms with Crippen molar-refractivity contribution in [1.82, 2.24) is 4.90 Å². The Kier molecular flexibility index (Phi) is 7.10. The van der Waals surface area contributed by atoms with Gasteiger partial charge in [-0.25, -0.2) is 0 Å². The molecule has 1 saturated heterocycles. The van der Waals surface area contributed by atoms with Gasteiger partial charge in [-0.2, -0.15) is 0 Å². The number of carbonyl (C=O) groups is 2. The number of benzene rings is 2. The topological polar surface area (TPSA) is 55.8 Å². The van der Waals surface area contributed by atoms with E-state index in [1.807, 2.05) is 45.0 Å². The van der Waals surface area contributed by atoms with E-state index in [1.165, 1.54) is 12.0 Å². The SMILES string of the molecule is CCC(C)Oc1c(Cl)cc(/C=C2\SC(=O)N(Cc3cccc(C)c3)C2=O)cc1OC. The van der Waals surface area contributed by atoms with E-state index in [0.717, 1.165) is 29.3 Å². The largest absolute Gasteiger partial charge is 0.493 e. The molecule has 1 atom stereocenters. The van der Waals surface area contributed by atoms with Crippen LogP contribution in [-0.2, 0) is 11.3 Å². The van der Waals surface area contributed by atoms with Gasteiger partial charge in [0.1, 0.15) is 0 Å². The monoisotopic (exact) mass is 445 g/mol. The quantitative estimate of drug-likeness (QED) is 0.484. The van der Waals surface area contributed by atoms with Crippen LogP contribution in [0.15, 0.2) is 41.3 Å². The molecule has 2 aromatic rings. The van der Waals surface area contributed by atoms with Crippen LogP contribution in [0.2, 0.25) is 5.02 Å². The maximum absolute atomic E-state index is 12.8. The molecule has 0 aromatic heterocycles. The molecule has 1 fully saturated rings. The summed E-state index contributed by atoms with van der Waals surface area (Å²) in [6.07, 6.45) is 2.47. The number of rotatable bonds is 7.